The van der Waals surface area contributed by atoms with Crippen molar-refractivity contribution >= 4 is 26.7 Å². The van der Waals surface area contributed by atoms with E-state index in [1.54, 1.807) is 0 Å². The molecule has 0 aliphatic carbocycles. The summed E-state index contributed by atoms with van der Waals surface area (Å²) in [5.41, 5.74) is 0. The van der Waals surface area contributed by atoms with Crippen molar-refractivity contribution in [3.05, 3.63) is 9.67 Å². The molecule has 30 heavy (non-hydrogen) atoms. The Labute approximate surface area is 195 Å². The van der Waals surface area contributed by atoms with Crippen LogP contribution in [0.15, 0.2) is 9.67 Å². The van der Waals surface area contributed by atoms with E-state index in [1.165, 1.54) is 55.4 Å². The average Bonchev–Trinajstić information content (AvgIpc) is 2.66. The third-order valence-electron chi connectivity index (χ3n) is 7.34. The van der Waals surface area contributed by atoms with Gasteiger partial charge in [-0.1, -0.05) is 0 Å². The van der Waals surface area contributed by atoms with E-state index in [4.69, 9.17) is 4.43 Å². The Hall–Kier alpha value is 0.676. The third-order valence-corrected chi connectivity index (χ3v) is 28.0. The Morgan fingerprint density at radius 2 is 1.37 bits per heavy atom. The van der Waals surface area contributed by atoms with Gasteiger partial charge in [0.1, 0.15) is 0 Å². The Morgan fingerprint density at radius 3 is 1.70 bits per heavy atom. The number of rotatable bonds is 16. The molecule has 0 aromatic carbocycles. The molecule has 0 saturated heterocycles. The summed E-state index contributed by atoms with van der Waals surface area (Å²) in [5.74, 6) is 0.304. The molecule has 0 aliphatic heterocycles. The molecule has 0 radical (unpaired) electrons. The van der Waals surface area contributed by atoms with Gasteiger partial charge in [0.05, 0.1) is 0 Å². The summed E-state index contributed by atoms with van der Waals surface area (Å²) in [6.45, 7) is 23.8. The molecule has 0 bridgehead atoms. The van der Waals surface area contributed by atoms with Crippen molar-refractivity contribution in [3.63, 3.8) is 0 Å². The van der Waals surface area contributed by atoms with Crippen LogP contribution in [0.25, 0.3) is 0 Å². The molecular weight excluding hydrogens is 491 g/mol. The fraction of sp³-hybridized carbons (Fsp3) is 0.923. The Balaban J connectivity index is 5.81. The van der Waals surface area contributed by atoms with E-state index in [2.05, 4.69) is 74.6 Å². The van der Waals surface area contributed by atoms with Gasteiger partial charge in [0.25, 0.3) is 0 Å². The second-order valence-electron chi connectivity index (χ2n) is 11.3. The van der Waals surface area contributed by atoms with Crippen LogP contribution in [0.3, 0.4) is 0 Å². The Bertz CT molecular complexity index is 458. The van der Waals surface area contributed by atoms with Crippen molar-refractivity contribution < 1.29 is 9.53 Å². The monoisotopic (exact) mass is 548 g/mol. The summed E-state index contributed by atoms with van der Waals surface area (Å²) in [6, 6.07) is 0. The molecular formula is C26H56O2SiSn. The van der Waals surface area contributed by atoms with Crippen molar-refractivity contribution in [2.24, 2.45) is 5.92 Å². The number of unbranched alkanes of at least 4 members (excludes halogenated alkanes) is 3. The zero-order valence-corrected chi connectivity index (χ0v) is 26.2. The van der Waals surface area contributed by atoms with Crippen LogP contribution >= 0.6 is 0 Å². The topological polar surface area (TPSA) is 29.5 Å². The standard InChI is InChI=1S/C14H29O2Si.3C4H9.Sn/c1-12(2)13(15)10-8-9-11-16-17(6,7)14(3,4)5;3*1-3-4-2;/h8,12-13,15H,9,11H2,1-7H3;3*1,3-4H2,2H3;. The molecule has 0 saturated carbocycles. The van der Waals surface area contributed by atoms with Crippen molar-refractivity contribution in [1.82, 2.24) is 0 Å². The van der Waals surface area contributed by atoms with Crippen LogP contribution in [0.4, 0.5) is 0 Å². The first-order chi connectivity index (χ1) is 13.9. The predicted molar refractivity (Wildman–Crippen MR) is 142 cm³/mol. The first-order valence-corrected chi connectivity index (χ1v) is 23.3. The molecule has 0 spiro atoms. The van der Waals surface area contributed by atoms with E-state index < -0.39 is 26.7 Å². The summed E-state index contributed by atoms with van der Waals surface area (Å²) >= 11 is -2.62. The Morgan fingerprint density at radius 1 is 0.933 bits per heavy atom. The first-order valence-electron chi connectivity index (χ1n) is 12.9. The molecule has 0 heterocycles. The van der Waals surface area contributed by atoms with Crippen LogP contribution in [0.1, 0.15) is 100 Å². The SMILES string of the molecule is CCC[CH2][Sn]([CH2]CCC)([CH2]CCC)/[C](=C/CCO[Si](C)(C)C(C)(C)C)C(O)C(C)C. The summed E-state index contributed by atoms with van der Waals surface area (Å²) in [6.07, 6.45) is 11.0. The molecule has 0 amide bonds. The molecule has 0 rings (SSSR count). The van der Waals surface area contributed by atoms with Crippen LogP contribution < -0.4 is 0 Å². The van der Waals surface area contributed by atoms with E-state index in [0.717, 1.165) is 13.0 Å². The maximum absolute atomic E-state index is 11.4. The summed E-state index contributed by atoms with van der Waals surface area (Å²) in [7, 11) is -1.71. The minimum atomic E-state index is -2.62. The average molecular weight is 548 g/mol. The first kappa shape index (κ1) is 30.7. The zero-order valence-electron chi connectivity index (χ0n) is 22.4. The molecule has 180 valence electrons. The minimum absolute atomic E-state index is 0.251. The fourth-order valence-electron chi connectivity index (χ4n) is 4.11. The quantitative estimate of drug-likeness (QED) is 0.155. The molecule has 1 unspecified atom stereocenters. The van der Waals surface area contributed by atoms with Crippen LogP contribution in [-0.2, 0) is 4.43 Å². The molecule has 0 aromatic heterocycles. The van der Waals surface area contributed by atoms with Crippen molar-refractivity contribution in [3.8, 4) is 0 Å². The molecule has 0 aromatic rings. The number of aliphatic hydroxyl groups excluding tert-OH is 1. The zero-order chi connectivity index (χ0) is 23.4. The van der Waals surface area contributed by atoms with Gasteiger partial charge in [0.15, 0.2) is 0 Å². The van der Waals surface area contributed by atoms with Gasteiger partial charge in [-0.25, -0.2) is 0 Å². The van der Waals surface area contributed by atoms with Gasteiger partial charge >= 0.3 is 196 Å². The van der Waals surface area contributed by atoms with Crippen molar-refractivity contribution in [2.45, 2.75) is 138 Å². The van der Waals surface area contributed by atoms with Gasteiger partial charge in [0, 0.05) is 0 Å². The van der Waals surface area contributed by atoms with E-state index in [0.29, 0.717) is 5.92 Å². The molecule has 1 N–H and O–H groups in total. The van der Waals surface area contributed by atoms with Gasteiger partial charge in [0.2, 0.25) is 0 Å². The second-order valence-corrected chi connectivity index (χ2v) is 29.4. The number of hydrogen-bond acceptors (Lipinski definition) is 2. The molecule has 0 fully saturated rings. The summed E-state index contributed by atoms with van der Waals surface area (Å²) < 4.78 is 12.3. The van der Waals surface area contributed by atoms with E-state index >= 15 is 0 Å². The molecule has 2 nitrogen and oxygen atoms in total. The number of hydrogen-bond donors (Lipinski definition) is 1. The van der Waals surface area contributed by atoms with E-state index in [-0.39, 0.29) is 11.1 Å². The Kier molecular flexibility index (Phi) is 15.1. The number of aliphatic hydroxyl groups is 1. The molecule has 1 atom stereocenters. The van der Waals surface area contributed by atoms with Gasteiger partial charge in [-0.05, 0) is 0 Å². The normalized spacial score (nSPS) is 15.1. The predicted octanol–water partition coefficient (Wildman–Crippen LogP) is 8.73. The maximum atomic E-state index is 11.4. The van der Waals surface area contributed by atoms with Crippen molar-refractivity contribution in [2.75, 3.05) is 6.61 Å². The molecule has 4 heteroatoms. The van der Waals surface area contributed by atoms with Crippen LogP contribution in [0.5, 0.6) is 0 Å². The van der Waals surface area contributed by atoms with Gasteiger partial charge in [-0.15, -0.1) is 0 Å². The second kappa shape index (κ2) is 14.7. The fourth-order valence-corrected chi connectivity index (χ4v) is 23.0. The van der Waals surface area contributed by atoms with Gasteiger partial charge < -0.3 is 0 Å². The van der Waals surface area contributed by atoms with Gasteiger partial charge in [-0.3, -0.25) is 0 Å². The van der Waals surface area contributed by atoms with Crippen LogP contribution in [0, 0.1) is 5.92 Å². The summed E-state index contributed by atoms with van der Waals surface area (Å²) in [4.78, 5) is 0. The van der Waals surface area contributed by atoms with Crippen LogP contribution in [-0.4, -0.2) is 44.5 Å². The van der Waals surface area contributed by atoms with E-state index in [9.17, 15) is 5.11 Å². The summed E-state index contributed by atoms with van der Waals surface area (Å²) in [5, 5.41) is 11.6. The molecule has 0 aliphatic rings. The third kappa shape index (κ3) is 10.1. The van der Waals surface area contributed by atoms with Crippen LogP contribution in [0.2, 0.25) is 31.4 Å². The van der Waals surface area contributed by atoms with E-state index in [1.807, 2.05) is 0 Å². The van der Waals surface area contributed by atoms with Crippen molar-refractivity contribution in [1.29, 1.82) is 0 Å². The van der Waals surface area contributed by atoms with Gasteiger partial charge in [-0.2, -0.15) is 0 Å².